The molecule has 1 N–H and O–H groups in total. The third kappa shape index (κ3) is 4.00. The van der Waals surface area contributed by atoms with Gasteiger partial charge in [0.2, 0.25) is 0 Å². The van der Waals surface area contributed by atoms with Crippen LogP contribution in [0.2, 0.25) is 0 Å². The molecule has 0 saturated carbocycles. The molecule has 0 aliphatic rings. The number of nitriles is 1. The van der Waals surface area contributed by atoms with Gasteiger partial charge in [0.1, 0.15) is 11.6 Å². The molecule has 0 radical (unpaired) electrons. The van der Waals surface area contributed by atoms with Crippen LogP contribution < -0.4 is 5.32 Å². The Hall–Kier alpha value is -2.03. The van der Waals surface area contributed by atoms with E-state index in [4.69, 9.17) is 5.26 Å². The van der Waals surface area contributed by atoms with Gasteiger partial charge in [-0.3, -0.25) is 10.1 Å². The molecule has 0 aliphatic carbocycles. The summed E-state index contributed by atoms with van der Waals surface area (Å²) < 4.78 is 4.53. The molecule has 0 rings (SSSR count). The second-order valence-electron chi connectivity index (χ2n) is 3.14. The van der Waals surface area contributed by atoms with E-state index in [0.717, 1.165) is 0 Å². The molecule has 0 bridgehead atoms. The first-order valence-electron chi connectivity index (χ1n) is 4.70. The lowest BCUT2D eigenvalue weighted by Crippen LogP contribution is -2.33. The molecule has 0 aliphatic heterocycles. The Labute approximate surface area is 94.5 Å². The van der Waals surface area contributed by atoms with Gasteiger partial charge in [0.05, 0.1) is 6.61 Å². The van der Waals surface area contributed by atoms with Gasteiger partial charge in [0, 0.05) is 19.8 Å². The molecule has 0 aromatic rings. The summed E-state index contributed by atoms with van der Waals surface area (Å²) >= 11 is 0. The van der Waals surface area contributed by atoms with Crippen LogP contribution >= 0.6 is 0 Å². The minimum Gasteiger partial charge on any atom is -0.450 e. The molecule has 0 fully saturated rings. The minimum absolute atomic E-state index is 0.113. The summed E-state index contributed by atoms with van der Waals surface area (Å²) in [6.45, 7) is 3.40. The Bertz CT molecular complexity index is 353. The number of rotatable bonds is 3. The zero-order chi connectivity index (χ0) is 12.7. The standard InChI is InChI=1S/C10H15N3O3/c1-5-16-10(15)12-9(14)8(6-11)7(2)13(3)4/h5H2,1-4H3,(H,12,14,15)/b8-7-. The van der Waals surface area contributed by atoms with Crippen molar-refractivity contribution in [2.45, 2.75) is 13.8 Å². The van der Waals surface area contributed by atoms with E-state index in [9.17, 15) is 9.59 Å². The summed E-state index contributed by atoms with van der Waals surface area (Å²) in [5, 5.41) is 10.8. The van der Waals surface area contributed by atoms with Crippen LogP contribution in [0.25, 0.3) is 0 Å². The number of nitrogens with zero attached hydrogens (tertiary/aromatic N) is 2. The predicted molar refractivity (Wildman–Crippen MR) is 57.2 cm³/mol. The van der Waals surface area contributed by atoms with Crippen LogP contribution in [0, 0.1) is 11.3 Å². The number of imide groups is 1. The van der Waals surface area contributed by atoms with E-state index in [-0.39, 0.29) is 12.2 Å². The zero-order valence-electron chi connectivity index (χ0n) is 9.83. The van der Waals surface area contributed by atoms with Crippen molar-refractivity contribution in [1.29, 1.82) is 5.26 Å². The Kier molecular flexibility index (Phi) is 5.63. The first-order chi connectivity index (χ1) is 7.43. The van der Waals surface area contributed by atoms with Crippen molar-refractivity contribution < 1.29 is 14.3 Å². The minimum atomic E-state index is -0.855. The lowest BCUT2D eigenvalue weighted by Gasteiger charge is -2.14. The van der Waals surface area contributed by atoms with E-state index in [1.54, 1.807) is 38.9 Å². The molecule has 6 heteroatoms. The number of alkyl carbamates (subject to hydrolysis) is 1. The van der Waals surface area contributed by atoms with Gasteiger partial charge in [-0.2, -0.15) is 5.26 Å². The zero-order valence-corrected chi connectivity index (χ0v) is 9.83. The van der Waals surface area contributed by atoms with Gasteiger partial charge in [0.15, 0.2) is 0 Å². The molecule has 0 heterocycles. The number of ether oxygens (including phenoxy) is 1. The van der Waals surface area contributed by atoms with Crippen molar-refractivity contribution >= 4 is 12.0 Å². The Balaban J connectivity index is 4.77. The normalized spacial score (nSPS) is 10.9. The van der Waals surface area contributed by atoms with Gasteiger partial charge in [-0.1, -0.05) is 0 Å². The van der Waals surface area contributed by atoms with Crippen LogP contribution in [0.1, 0.15) is 13.8 Å². The molecule has 2 amide bonds. The SMILES string of the molecule is CCOC(=O)NC(=O)/C(C#N)=C(/C)N(C)C. The maximum Gasteiger partial charge on any atom is 0.414 e. The average molecular weight is 225 g/mol. The summed E-state index contributed by atoms with van der Waals surface area (Å²) in [7, 11) is 3.40. The molecular weight excluding hydrogens is 210 g/mol. The van der Waals surface area contributed by atoms with Gasteiger partial charge < -0.3 is 9.64 Å². The van der Waals surface area contributed by atoms with Crippen molar-refractivity contribution in [2.75, 3.05) is 20.7 Å². The third-order valence-corrected chi connectivity index (χ3v) is 1.86. The third-order valence-electron chi connectivity index (χ3n) is 1.86. The van der Waals surface area contributed by atoms with Crippen molar-refractivity contribution in [2.24, 2.45) is 0 Å². The van der Waals surface area contributed by atoms with E-state index in [0.29, 0.717) is 5.70 Å². The smallest absolute Gasteiger partial charge is 0.414 e. The summed E-state index contributed by atoms with van der Waals surface area (Å²) in [4.78, 5) is 24.1. The highest BCUT2D eigenvalue weighted by Gasteiger charge is 2.16. The number of hydrogen-bond acceptors (Lipinski definition) is 5. The first-order valence-corrected chi connectivity index (χ1v) is 4.70. The van der Waals surface area contributed by atoms with Gasteiger partial charge in [-0.25, -0.2) is 4.79 Å². The van der Waals surface area contributed by atoms with Crippen molar-refractivity contribution in [3.63, 3.8) is 0 Å². The quantitative estimate of drug-likeness (QED) is 0.562. The topological polar surface area (TPSA) is 82.4 Å². The maximum atomic E-state index is 11.5. The average Bonchev–Trinajstić information content (AvgIpc) is 2.18. The fourth-order valence-corrected chi connectivity index (χ4v) is 0.842. The monoisotopic (exact) mass is 225 g/mol. The van der Waals surface area contributed by atoms with Crippen molar-refractivity contribution in [3.05, 3.63) is 11.3 Å². The summed E-state index contributed by atoms with van der Waals surface area (Å²) in [5.74, 6) is -0.757. The van der Waals surface area contributed by atoms with Gasteiger partial charge in [0.25, 0.3) is 5.91 Å². The molecule has 6 nitrogen and oxygen atoms in total. The van der Waals surface area contributed by atoms with E-state index >= 15 is 0 Å². The molecule has 0 aromatic carbocycles. The molecule has 0 unspecified atom stereocenters. The largest absolute Gasteiger partial charge is 0.450 e. The molecular formula is C10H15N3O3. The fraction of sp³-hybridized carbons (Fsp3) is 0.500. The van der Waals surface area contributed by atoms with Crippen LogP contribution in [-0.2, 0) is 9.53 Å². The molecule has 0 atom stereocenters. The van der Waals surface area contributed by atoms with Crippen LogP contribution in [0.4, 0.5) is 4.79 Å². The molecule has 88 valence electrons. The van der Waals surface area contributed by atoms with Gasteiger partial charge in [-0.05, 0) is 13.8 Å². The summed E-state index contributed by atoms with van der Waals surface area (Å²) in [6.07, 6.45) is -0.855. The lowest BCUT2D eigenvalue weighted by molar-refractivity contribution is -0.116. The number of allylic oxidation sites excluding steroid dienone is 1. The highest BCUT2D eigenvalue weighted by atomic mass is 16.5. The Morgan fingerprint density at radius 3 is 2.38 bits per heavy atom. The van der Waals surface area contributed by atoms with E-state index in [1.807, 2.05) is 5.32 Å². The summed E-state index contributed by atoms with van der Waals surface area (Å²) in [6, 6.07) is 1.75. The number of carbonyl (C=O) groups excluding carboxylic acids is 2. The number of carbonyl (C=O) groups is 2. The van der Waals surface area contributed by atoms with Crippen LogP contribution in [0.15, 0.2) is 11.3 Å². The van der Waals surface area contributed by atoms with Crippen molar-refractivity contribution in [3.8, 4) is 6.07 Å². The van der Waals surface area contributed by atoms with Crippen LogP contribution in [-0.4, -0.2) is 37.6 Å². The summed E-state index contributed by atoms with van der Waals surface area (Å²) in [5.41, 5.74) is 0.363. The molecule has 16 heavy (non-hydrogen) atoms. The number of hydrogen-bond donors (Lipinski definition) is 1. The molecule has 0 spiro atoms. The second-order valence-corrected chi connectivity index (χ2v) is 3.14. The maximum absolute atomic E-state index is 11.5. The van der Waals surface area contributed by atoms with Crippen LogP contribution in [0.5, 0.6) is 0 Å². The predicted octanol–water partition coefficient (Wildman–Crippen LogP) is 0.618. The highest BCUT2D eigenvalue weighted by molar-refractivity contribution is 6.05. The fourth-order valence-electron chi connectivity index (χ4n) is 0.842. The lowest BCUT2D eigenvalue weighted by atomic mass is 10.2. The number of nitrogens with one attached hydrogen (secondary N) is 1. The van der Waals surface area contributed by atoms with E-state index in [1.165, 1.54) is 0 Å². The van der Waals surface area contributed by atoms with Crippen molar-refractivity contribution in [1.82, 2.24) is 10.2 Å². The van der Waals surface area contributed by atoms with E-state index in [2.05, 4.69) is 4.74 Å². The molecule has 0 saturated heterocycles. The highest BCUT2D eigenvalue weighted by Crippen LogP contribution is 2.05. The van der Waals surface area contributed by atoms with Gasteiger partial charge >= 0.3 is 6.09 Å². The second kappa shape index (κ2) is 6.45. The Morgan fingerprint density at radius 1 is 1.44 bits per heavy atom. The molecule has 0 aromatic heterocycles. The number of amides is 2. The van der Waals surface area contributed by atoms with E-state index < -0.39 is 12.0 Å². The first kappa shape index (κ1) is 14.0. The van der Waals surface area contributed by atoms with Crippen LogP contribution in [0.3, 0.4) is 0 Å². The Morgan fingerprint density at radius 2 is 2.00 bits per heavy atom. The van der Waals surface area contributed by atoms with Gasteiger partial charge in [-0.15, -0.1) is 0 Å².